The van der Waals surface area contributed by atoms with Crippen molar-refractivity contribution in [2.45, 2.75) is 18.1 Å². The SMILES string of the molecule is COc1ccc(OC)c([C@@H](C)NC(=O)CSc2ncc3ccccn23)c1. The molecule has 3 aromatic rings. The fourth-order valence-corrected chi connectivity index (χ4v) is 3.47. The Kier molecular flexibility index (Phi) is 5.68. The van der Waals surface area contributed by atoms with E-state index in [0.717, 1.165) is 22.0 Å². The number of pyridine rings is 1. The van der Waals surface area contributed by atoms with E-state index in [1.165, 1.54) is 11.8 Å². The molecule has 0 fully saturated rings. The number of benzene rings is 1. The Labute approximate surface area is 156 Å². The van der Waals surface area contributed by atoms with Crippen LogP contribution in [0.15, 0.2) is 53.9 Å². The first-order chi connectivity index (χ1) is 12.6. The summed E-state index contributed by atoms with van der Waals surface area (Å²) >= 11 is 1.40. The van der Waals surface area contributed by atoms with E-state index < -0.39 is 0 Å². The summed E-state index contributed by atoms with van der Waals surface area (Å²) in [5.41, 5.74) is 1.88. The third-order valence-electron chi connectivity index (χ3n) is 4.02. The summed E-state index contributed by atoms with van der Waals surface area (Å²) < 4.78 is 12.6. The molecule has 1 atom stereocenters. The topological polar surface area (TPSA) is 64.9 Å². The average Bonchev–Trinajstić information content (AvgIpc) is 3.09. The van der Waals surface area contributed by atoms with Gasteiger partial charge in [0.25, 0.3) is 0 Å². The summed E-state index contributed by atoms with van der Waals surface area (Å²) in [5.74, 6) is 1.65. The van der Waals surface area contributed by atoms with Crippen molar-refractivity contribution in [3.63, 3.8) is 0 Å². The fraction of sp³-hybridized carbons (Fsp3) is 0.263. The predicted molar refractivity (Wildman–Crippen MR) is 102 cm³/mol. The molecule has 6 nitrogen and oxygen atoms in total. The number of methoxy groups -OCH3 is 2. The Hall–Kier alpha value is -2.67. The van der Waals surface area contributed by atoms with Crippen LogP contribution in [0.4, 0.5) is 0 Å². The number of carbonyl (C=O) groups excluding carboxylic acids is 1. The molecule has 0 aliphatic rings. The monoisotopic (exact) mass is 371 g/mol. The number of ether oxygens (including phenoxy) is 2. The summed E-state index contributed by atoms with van der Waals surface area (Å²) in [6.07, 6.45) is 3.73. The van der Waals surface area contributed by atoms with Crippen molar-refractivity contribution >= 4 is 23.2 Å². The number of carbonyl (C=O) groups is 1. The molecule has 1 amide bonds. The Bertz CT molecular complexity index is 910. The minimum Gasteiger partial charge on any atom is -0.497 e. The first-order valence-electron chi connectivity index (χ1n) is 8.18. The van der Waals surface area contributed by atoms with E-state index >= 15 is 0 Å². The van der Waals surface area contributed by atoms with Crippen molar-refractivity contribution in [1.82, 2.24) is 14.7 Å². The lowest BCUT2D eigenvalue weighted by molar-refractivity contribution is -0.119. The third-order valence-corrected chi connectivity index (χ3v) is 4.98. The highest BCUT2D eigenvalue weighted by atomic mass is 32.2. The Morgan fingerprint density at radius 1 is 1.27 bits per heavy atom. The summed E-state index contributed by atoms with van der Waals surface area (Å²) in [5, 5.41) is 3.79. The minimum absolute atomic E-state index is 0.0694. The molecule has 0 aliphatic heterocycles. The van der Waals surface area contributed by atoms with Crippen molar-refractivity contribution in [1.29, 1.82) is 0 Å². The first kappa shape index (κ1) is 18.1. The average molecular weight is 371 g/mol. The molecular weight excluding hydrogens is 350 g/mol. The number of aromatic nitrogens is 2. The molecule has 1 N–H and O–H groups in total. The van der Waals surface area contributed by atoms with Crippen LogP contribution in [-0.2, 0) is 4.79 Å². The molecule has 0 saturated heterocycles. The van der Waals surface area contributed by atoms with Crippen molar-refractivity contribution in [2.24, 2.45) is 0 Å². The quantitative estimate of drug-likeness (QED) is 0.646. The van der Waals surface area contributed by atoms with Crippen LogP contribution in [0, 0.1) is 0 Å². The van der Waals surface area contributed by atoms with Gasteiger partial charge in [0.1, 0.15) is 11.5 Å². The predicted octanol–water partition coefficient (Wildman–Crippen LogP) is 3.32. The van der Waals surface area contributed by atoms with E-state index in [1.54, 1.807) is 20.4 Å². The molecule has 0 bridgehead atoms. The van der Waals surface area contributed by atoms with Gasteiger partial charge in [-0.1, -0.05) is 17.8 Å². The van der Waals surface area contributed by atoms with Gasteiger partial charge in [0.15, 0.2) is 5.16 Å². The minimum atomic E-state index is -0.204. The van der Waals surface area contributed by atoms with Gasteiger partial charge in [0, 0.05) is 11.8 Å². The van der Waals surface area contributed by atoms with Crippen LogP contribution in [0.3, 0.4) is 0 Å². The van der Waals surface area contributed by atoms with Gasteiger partial charge in [-0.2, -0.15) is 0 Å². The van der Waals surface area contributed by atoms with E-state index in [2.05, 4.69) is 10.3 Å². The molecule has 1 aromatic carbocycles. The number of hydrogen-bond acceptors (Lipinski definition) is 5. The summed E-state index contributed by atoms with van der Waals surface area (Å²) in [6.45, 7) is 1.92. The van der Waals surface area contributed by atoms with Gasteiger partial charge in [-0.15, -0.1) is 0 Å². The molecule has 136 valence electrons. The molecule has 3 rings (SSSR count). The highest BCUT2D eigenvalue weighted by molar-refractivity contribution is 7.99. The van der Waals surface area contributed by atoms with Crippen LogP contribution in [0.1, 0.15) is 18.5 Å². The normalized spacial score (nSPS) is 12.0. The maximum Gasteiger partial charge on any atom is 0.230 e. The molecule has 0 aliphatic carbocycles. The molecule has 0 unspecified atom stereocenters. The van der Waals surface area contributed by atoms with Crippen molar-refractivity contribution in [3.05, 3.63) is 54.4 Å². The maximum atomic E-state index is 12.4. The number of imidazole rings is 1. The van der Waals surface area contributed by atoms with Crippen molar-refractivity contribution in [2.75, 3.05) is 20.0 Å². The molecule has 2 heterocycles. The summed E-state index contributed by atoms with van der Waals surface area (Å²) in [6, 6.07) is 11.2. The van der Waals surface area contributed by atoms with Crippen molar-refractivity contribution in [3.8, 4) is 11.5 Å². The molecule has 2 aromatic heterocycles. The van der Waals surface area contributed by atoms with E-state index in [4.69, 9.17) is 9.47 Å². The first-order valence-corrected chi connectivity index (χ1v) is 9.17. The molecule has 0 radical (unpaired) electrons. The number of nitrogens with one attached hydrogen (secondary N) is 1. The smallest absolute Gasteiger partial charge is 0.230 e. The number of thioether (sulfide) groups is 1. The van der Waals surface area contributed by atoms with E-state index in [1.807, 2.05) is 53.9 Å². The van der Waals surface area contributed by atoms with Crippen LogP contribution in [0.5, 0.6) is 11.5 Å². The second-order valence-electron chi connectivity index (χ2n) is 5.72. The summed E-state index contributed by atoms with van der Waals surface area (Å²) in [4.78, 5) is 16.7. The van der Waals surface area contributed by atoms with Gasteiger partial charge in [0.2, 0.25) is 5.91 Å². The number of nitrogens with zero attached hydrogens (tertiary/aromatic N) is 2. The standard InChI is InChI=1S/C19H21N3O3S/c1-13(16-10-15(24-2)7-8-17(16)25-3)21-18(23)12-26-19-20-11-14-6-4-5-9-22(14)19/h4-11,13H,12H2,1-3H3,(H,21,23)/t13-/m1/s1. The van der Waals surface area contributed by atoms with E-state index in [9.17, 15) is 4.79 Å². The van der Waals surface area contributed by atoms with Crippen LogP contribution in [0.2, 0.25) is 0 Å². The zero-order chi connectivity index (χ0) is 18.5. The van der Waals surface area contributed by atoms with Gasteiger partial charge < -0.3 is 14.8 Å². The second kappa shape index (κ2) is 8.14. The number of hydrogen-bond donors (Lipinski definition) is 1. The summed E-state index contributed by atoms with van der Waals surface area (Å²) in [7, 11) is 3.22. The van der Waals surface area contributed by atoms with Crippen molar-refractivity contribution < 1.29 is 14.3 Å². The van der Waals surface area contributed by atoms with Gasteiger partial charge in [-0.05, 0) is 37.3 Å². The lowest BCUT2D eigenvalue weighted by Crippen LogP contribution is -2.28. The fourth-order valence-electron chi connectivity index (χ4n) is 2.69. The molecular formula is C19H21N3O3S. The Morgan fingerprint density at radius 3 is 2.88 bits per heavy atom. The van der Waals surface area contributed by atoms with Gasteiger partial charge in [-0.3, -0.25) is 9.20 Å². The Morgan fingerprint density at radius 2 is 2.12 bits per heavy atom. The van der Waals surface area contributed by atoms with E-state index in [0.29, 0.717) is 5.75 Å². The molecule has 26 heavy (non-hydrogen) atoms. The van der Waals surface area contributed by atoms with Crippen LogP contribution in [-0.4, -0.2) is 35.3 Å². The largest absolute Gasteiger partial charge is 0.497 e. The molecule has 0 spiro atoms. The second-order valence-corrected chi connectivity index (χ2v) is 6.66. The van der Waals surface area contributed by atoms with Crippen LogP contribution >= 0.6 is 11.8 Å². The maximum absolute atomic E-state index is 12.4. The van der Waals surface area contributed by atoms with Gasteiger partial charge in [-0.25, -0.2) is 4.98 Å². The number of fused-ring (bicyclic) bond motifs is 1. The van der Waals surface area contributed by atoms with Crippen LogP contribution in [0.25, 0.3) is 5.52 Å². The Balaban J connectivity index is 1.64. The number of rotatable bonds is 7. The molecule has 7 heteroatoms. The van der Waals surface area contributed by atoms with Crippen LogP contribution < -0.4 is 14.8 Å². The highest BCUT2D eigenvalue weighted by Gasteiger charge is 2.16. The third kappa shape index (κ3) is 3.94. The molecule has 0 saturated carbocycles. The lowest BCUT2D eigenvalue weighted by Gasteiger charge is -2.18. The zero-order valence-electron chi connectivity index (χ0n) is 14.9. The van der Waals surface area contributed by atoms with Gasteiger partial charge >= 0.3 is 0 Å². The highest BCUT2D eigenvalue weighted by Crippen LogP contribution is 2.29. The zero-order valence-corrected chi connectivity index (χ0v) is 15.7. The van der Waals surface area contributed by atoms with Gasteiger partial charge in [0.05, 0.1) is 37.7 Å². The van der Waals surface area contributed by atoms with E-state index in [-0.39, 0.29) is 17.7 Å². The number of amides is 1. The lowest BCUT2D eigenvalue weighted by atomic mass is 10.1.